The first-order valence-corrected chi connectivity index (χ1v) is 6.63. The summed E-state index contributed by atoms with van der Waals surface area (Å²) >= 11 is 0.739. The third kappa shape index (κ3) is 2.67. The van der Waals surface area contributed by atoms with E-state index in [4.69, 9.17) is 17.6 Å². The Morgan fingerprint density at radius 1 is 1.55 bits per heavy atom. The summed E-state index contributed by atoms with van der Waals surface area (Å²) in [6.07, 6.45) is -2.19. The predicted octanol–water partition coefficient (Wildman–Crippen LogP) is -2.83. The van der Waals surface area contributed by atoms with Gasteiger partial charge in [-0.3, -0.25) is 4.79 Å². The van der Waals surface area contributed by atoms with Crippen LogP contribution < -0.4 is 5.73 Å². The highest BCUT2D eigenvalue weighted by atomic mass is 32.2. The zero-order valence-electron chi connectivity index (χ0n) is 10.2. The zero-order valence-corrected chi connectivity index (χ0v) is 11.1. The highest BCUT2D eigenvalue weighted by molar-refractivity contribution is 8.20. The quantitative estimate of drug-likeness (QED) is 0.436. The lowest BCUT2D eigenvalue weighted by Crippen LogP contribution is -2.55. The summed E-state index contributed by atoms with van der Waals surface area (Å²) in [5.41, 5.74) is 4.10. The van der Waals surface area contributed by atoms with Crippen molar-refractivity contribution in [1.82, 2.24) is 15.0 Å². The fourth-order valence-electron chi connectivity index (χ4n) is 2.03. The van der Waals surface area contributed by atoms with E-state index < -0.39 is 42.3 Å². The Hall–Kier alpha value is -1.14. The van der Waals surface area contributed by atoms with E-state index in [1.807, 2.05) is 0 Å². The molecule has 1 aliphatic rings. The Kier molecular flexibility index (Phi) is 4.65. The van der Waals surface area contributed by atoms with E-state index in [1.54, 1.807) is 0 Å². The lowest BCUT2D eigenvalue weighted by Gasteiger charge is -2.41. The average Bonchev–Trinajstić information content (AvgIpc) is 2.89. The first kappa shape index (κ1) is 15.3. The molecule has 1 aromatic rings. The smallest absolute Gasteiger partial charge is 0.270 e. The lowest BCUT2D eigenvalue weighted by atomic mass is 9.97. The Labute approximate surface area is 119 Å². The van der Waals surface area contributed by atoms with Crippen molar-refractivity contribution in [2.45, 2.75) is 29.8 Å². The minimum atomic E-state index is -1.25. The Morgan fingerprint density at radius 3 is 2.75 bits per heavy atom. The van der Waals surface area contributed by atoms with E-state index in [0.717, 1.165) is 16.3 Å². The number of amides is 1. The van der Waals surface area contributed by atoms with Gasteiger partial charge in [-0.1, -0.05) is 5.21 Å². The average molecular weight is 300 g/mol. The van der Waals surface area contributed by atoms with Crippen molar-refractivity contribution in [3.05, 3.63) is 11.9 Å². The molecule has 1 aliphatic heterocycles. The van der Waals surface area contributed by atoms with Crippen LogP contribution in [0.25, 0.3) is 0 Å². The summed E-state index contributed by atoms with van der Waals surface area (Å²) in [4.78, 5) is 11.0. The highest BCUT2D eigenvalue weighted by Crippen LogP contribution is 2.33. The molecule has 2 rings (SSSR count). The maximum absolute atomic E-state index is 11.0. The van der Waals surface area contributed by atoms with Crippen LogP contribution in [-0.4, -0.2) is 73.7 Å². The topological polar surface area (TPSA) is 144 Å². The maximum atomic E-state index is 11.0. The fourth-order valence-corrected chi connectivity index (χ4v) is 2.56. The molecule has 20 heavy (non-hydrogen) atoms. The first-order valence-electron chi connectivity index (χ1n) is 5.69. The van der Waals surface area contributed by atoms with Crippen LogP contribution in [0.5, 0.6) is 0 Å². The van der Waals surface area contributed by atoms with Gasteiger partial charge in [-0.25, -0.2) is 4.68 Å². The summed E-state index contributed by atoms with van der Waals surface area (Å²) in [6.45, 7) is -0.460. The molecule has 2 unspecified atom stereocenters. The van der Waals surface area contributed by atoms with Crippen molar-refractivity contribution in [2.24, 2.45) is 5.73 Å². The molecule has 11 heteroatoms. The minimum absolute atomic E-state index is 0.103. The molecule has 0 aromatic carbocycles. The van der Waals surface area contributed by atoms with Crippen molar-refractivity contribution in [3.63, 3.8) is 0 Å². The van der Waals surface area contributed by atoms with Gasteiger partial charge in [0.1, 0.15) is 29.8 Å². The Morgan fingerprint density at radius 2 is 2.25 bits per heavy atom. The van der Waals surface area contributed by atoms with Crippen LogP contribution in [0.1, 0.15) is 16.5 Å². The van der Waals surface area contributed by atoms with Gasteiger partial charge in [0, 0.05) is 0 Å². The number of carbonyl (C=O) groups excluding carboxylic acids is 1. The number of aromatic nitrogens is 3. The van der Waals surface area contributed by atoms with E-state index in [1.165, 1.54) is 6.20 Å². The molecule has 5 N–H and O–H groups in total. The summed E-state index contributed by atoms with van der Waals surface area (Å²) in [5.74, 6) is -0.782. The normalized spacial score (nSPS) is 34.0. The predicted molar refractivity (Wildman–Crippen MR) is 68.7 cm³/mol. The van der Waals surface area contributed by atoms with Gasteiger partial charge < -0.3 is 25.8 Å². The molecule has 0 saturated carbocycles. The van der Waals surface area contributed by atoms with E-state index >= 15 is 0 Å². The van der Waals surface area contributed by atoms with Crippen molar-refractivity contribution in [2.75, 3.05) is 6.61 Å². The molecule has 5 atom stereocenters. The number of hydrogen-bond acceptors (Lipinski definition) is 8. The molecule has 1 amide bonds. The number of primary amides is 1. The van der Waals surface area contributed by atoms with Crippen molar-refractivity contribution in [3.8, 4) is 0 Å². The van der Waals surface area contributed by atoms with Gasteiger partial charge in [-0.05, 0) is 0 Å². The SMILES string of the molecule is [B]S[C@H]1OC(CO)[C@H](O)[C@H](n2cc(C(N)=O)nn2)C1O. The molecule has 1 fully saturated rings. The summed E-state index contributed by atoms with van der Waals surface area (Å²) in [7, 11) is 5.40. The molecule has 1 saturated heterocycles. The van der Waals surface area contributed by atoms with Crippen LogP contribution >= 0.6 is 11.6 Å². The number of nitrogens with two attached hydrogens (primary N) is 1. The van der Waals surface area contributed by atoms with Gasteiger partial charge in [0.25, 0.3) is 5.91 Å². The monoisotopic (exact) mass is 300 g/mol. The first-order chi connectivity index (χ1) is 9.49. The summed E-state index contributed by atoms with van der Waals surface area (Å²) in [6, 6.07) is -0.970. The maximum Gasteiger partial charge on any atom is 0.270 e. The number of carbonyl (C=O) groups is 1. The van der Waals surface area contributed by atoms with Crippen LogP contribution in [0, 0.1) is 0 Å². The van der Waals surface area contributed by atoms with Crippen LogP contribution in [0.3, 0.4) is 0 Å². The fraction of sp³-hybridized carbons (Fsp3) is 0.667. The number of rotatable bonds is 4. The molecule has 2 radical (unpaired) electrons. The zero-order chi connectivity index (χ0) is 14.9. The second kappa shape index (κ2) is 6.10. The number of nitrogens with zero attached hydrogens (tertiary/aromatic N) is 3. The van der Waals surface area contributed by atoms with Gasteiger partial charge in [0.2, 0.25) is 0 Å². The van der Waals surface area contributed by atoms with Crippen LogP contribution in [0.2, 0.25) is 0 Å². The molecule has 0 bridgehead atoms. The van der Waals surface area contributed by atoms with E-state index in [0.29, 0.717) is 0 Å². The summed E-state index contributed by atoms with van der Waals surface area (Å²) < 4.78 is 6.36. The third-order valence-corrected chi connectivity index (χ3v) is 3.71. The van der Waals surface area contributed by atoms with Crippen molar-refractivity contribution < 1.29 is 24.9 Å². The molecular weight excluding hydrogens is 287 g/mol. The van der Waals surface area contributed by atoms with Gasteiger partial charge in [-0.2, -0.15) is 11.6 Å². The van der Waals surface area contributed by atoms with Crippen molar-refractivity contribution >= 4 is 24.6 Å². The van der Waals surface area contributed by atoms with Crippen LogP contribution in [0.15, 0.2) is 6.20 Å². The van der Waals surface area contributed by atoms with Gasteiger partial charge in [0.15, 0.2) is 12.8 Å². The minimum Gasteiger partial charge on any atom is -0.394 e. The van der Waals surface area contributed by atoms with Crippen LogP contribution in [0.4, 0.5) is 0 Å². The second-order valence-electron chi connectivity index (χ2n) is 4.28. The van der Waals surface area contributed by atoms with E-state index in [2.05, 4.69) is 10.3 Å². The number of hydrogen-bond donors (Lipinski definition) is 4. The van der Waals surface area contributed by atoms with Crippen LogP contribution in [-0.2, 0) is 4.74 Å². The molecular formula is C9H13BN4O5S. The molecule has 9 nitrogen and oxygen atoms in total. The molecule has 0 spiro atoms. The summed E-state index contributed by atoms with van der Waals surface area (Å²) in [5, 5.41) is 36.6. The Balaban J connectivity index is 2.31. The van der Waals surface area contributed by atoms with Gasteiger partial charge in [-0.15, -0.1) is 5.10 Å². The lowest BCUT2D eigenvalue weighted by molar-refractivity contribution is -0.178. The molecule has 0 aliphatic carbocycles. The van der Waals surface area contributed by atoms with E-state index in [-0.39, 0.29) is 5.69 Å². The number of ether oxygens (including phenoxy) is 1. The highest BCUT2D eigenvalue weighted by Gasteiger charge is 2.45. The third-order valence-electron chi connectivity index (χ3n) is 3.05. The standard InChI is InChI=1S/C9H13BN4O5S/c10-20-9-7(17)5(6(16)4(2-15)19-9)14-1-3(8(11)18)12-13-14/h1,4-7,9,15-17H,2H2,(H2,11,18)/t4?,5-,6-,7?,9+/m0/s1. The van der Waals surface area contributed by atoms with E-state index in [9.17, 15) is 20.1 Å². The van der Waals surface area contributed by atoms with Crippen molar-refractivity contribution in [1.29, 1.82) is 0 Å². The molecule has 2 heterocycles. The van der Waals surface area contributed by atoms with Gasteiger partial charge >= 0.3 is 0 Å². The second-order valence-corrected chi connectivity index (χ2v) is 5.02. The molecule has 1 aromatic heterocycles. The molecule has 108 valence electrons. The number of aliphatic hydroxyl groups is 3. The number of aliphatic hydroxyl groups excluding tert-OH is 3. The van der Waals surface area contributed by atoms with Gasteiger partial charge in [0.05, 0.1) is 12.8 Å². The Bertz CT molecular complexity index is 473. The largest absolute Gasteiger partial charge is 0.394 e.